The summed E-state index contributed by atoms with van der Waals surface area (Å²) in [6.45, 7) is 3.46. The third kappa shape index (κ3) is 3.68. The second-order valence-corrected chi connectivity index (χ2v) is 7.58. The summed E-state index contributed by atoms with van der Waals surface area (Å²) in [6.07, 6.45) is 1.03. The Labute approximate surface area is 174 Å². The number of urea groups is 1. The van der Waals surface area contributed by atoms with Crippen LogP contribution in [0.4, 0.5) is 10.5 Å². The number of anilines is 1. The van der Waals surface area contributed by atoms with E-state index in [1.54, 1.807) is 25.1 Å². The third-order valence-electron chi connectivity index (χ3n) is 5.31. The Balaban J connectivity index is 1.44. The van der Waals surface area contributed by atoms with E-state index in [0.29, 0.717) is 17.2 Å². The van der Waals surface area contributed by atoms with Crippen LogP contribution in [0.25, 0.3) is 0 Å². The second kappa shape index (κ2) is 7.70. The number of fused-ring (bicyclic) bond motifs is 1. The molecule has 8 nitrogen and oxygen atoms in total. The van der Waals surface area contributed by atoms with Gasteiger partial charge in [-0.15, -0.1) is 0 Å². The van der Waals surface area contributed by atoms with E-state index in [4.69, 9.17) is 9.47 Å². The summed E-state index contributed by atoms with van der Waals surface area (Å²) in [5.74, 6) is 0.394. The number of imide groups is 1. The summed E-state index contributed by atoms with van der Waals surface area (Å²) in [5.41, 5.74) is 1.33. The zero-order valence-electron chi connectivity index (χ0n) is 16.9. The minimum atomic E-state index is -1.15. The molecule has 4 amide bonds. The van der Waals surface area contributed by atoms with Gasteiger partial charge in [0.2, 0.25) is 12.7 Å². The van der Waals surface area contributed by atoms with Gasteiger partial charge in [-0.25, -0.2) is 4.79 Å². The Bertz CT molecular complexity index is 1020. The molecule has 2 aromatic carbocycles. The molecule has 1 fully saturated rings. The minimum Gasteiger partial charge on any atom is -0.454 e. The van der Waals surface area contributed by atoms with Crippen molar-refractivity contribution in [2.24, 2.45) is 0 Å². The Kier molecular flexibility index (Phi) is 5.07. The van der Waals surface area contributed by atoms with Gasteiger partial charge in [0, 0.05) is 12.1 Å². The molecule has 4 rings (SSSR count). The monoisotopic (exact) mass is 409 g/mol. The van der Waals surface area contributed by atoms with E-state index in [1.807, 2.05) is 31.2 Å². The van der Waals surface area contributed by atoms with Gasteiger partial charge in [0.15, 0.2) is 11.5 Å². The molecule has 156 valence electrons. The molecule has 2 N–H and O–H groups in total. The number of hydrogen-bond acceptors (Lipinski definition) is 5. The van der Waals surface area contributed by atoms with Crippen LogP contribution in [0.15, 0.2) is 42.5 Å². The van der Waals surface area contributed by atoms with Crippen LogP contribution in [-0.2, 0) is 22.4 Å². The summed E-state index contributed by atoms with van der Waals surface area (Å²) >= 11 is 0. The Hall–Kier alpha value is -3.55. The number of carbonyl (C=O) groups is 3. The van der Waals surface area contributed by atoms with Crippen LogP contribution in [0, 0.1) is 0 Å². The Morgan fingerprint density at radius 2 is 1.93 bits per heavy atom. The Morgan fingerprint density at radius 1 is 1.17 bits per heavy atom. The summed E-state index contributed by atoms with van der Waals surface area (Å²) in [5, 5.41) is 5.51. The average Bonchev–Trinajstić information content (AvgIpc) is 3.26. The first kappa shape index (κ1) is 19.8. The molecule has 30 heavy (non-hydrogen) atoms. The number of rotatable bonds is 6. The minimum absolute atomic E-state index is 0.162. The quantitative estimate of drug-likeness (QED) is 0.715. The number of para-hydroxylation sites is 1. The van der Waals surface area contributed by atoms with Crippen LogP contribution in [-0.4, -0.2) is 41.6 Å². The number of carbonyl (C=O) groups excluding carboxylic acids is 3. The lowest BCUT2D eigenvalue weighted by Gasteiger charge is -2.22. The standard InChI is InChI=1S/C22H23N3O5/c1-3-15-6-4-5-7-16(15)23-19(26)12-25-20(27)22(2,24-21(25)28)11-14-8-9-17-18(10-14)30-13-29-17/h4-10H,3,11-13H2,1-2H3,(H,23,26)(H,24,28)/t22-/m1/s1. The lowest BCUT2D eigenvalue weighted by molar-refractivity contribution is -0.133. The molecule has 0 saturated carbocycles. The van der Waals surface area contributed by atoms with E-state index in [-0.39, 0.29) is 19.8 Å². The van der Waals surface area contributed by atoms with Gasteiger partial charge < -0.3 is 20.1 Å². The van der Waals surface area contributed by atoms with E-state index < -0.39 is 23.4 Å². The number of nitrogens with one attached hydrogen (secondary N) is 2. The molecule has 1 atom stereocenters. The normalized spacial score (nSPS) is 19.7. The fraction of sp³-hybridized carbons (Fsp3) is 0.318. The summed E-state index contributed by atoms with van der Waals surface area (Å²) in [4.78, 5) is 38.9. The van der Waals surface area contributed by atoms with Crippen molar-refractivity contribution in [2.75, 3.05) is 18.7 Å². The van der Waals surface area contributed by atoms with Crippen molar-refractivity contribution in [1.82, 2.24) is 10.2 Å². The molecule has 0 bridgehead atoms. The van der Waals surface area contributed by atoms with Gasteiger partial charge >= 0.3 is 6.03 Å². The van der Waals surface area contributed by atoms with Crippen molar-refractivity contribution in [3.63, 3.8) is 0 Å². The van der Waals surface area contributed by atoms with Crippen LogP contribution in [0.1, 0.15) is 25.0 Å². The van der Waals surface area contributed by atoms with E-state index in [2.05, 4.69) is 10.6 Å². The lowest BCUT2D eigenvalue weighted by atomic mass is 9.92. The van der Waals surface area contributed by atoms with E-state index in [9.17, 15) is 14.4 Å². The molecule has 2 aromatic rings. The number of benzene rings is 2. The third-order valence-corrected chi connectivity index (χ3v) is 5.31. The molecule has 0 unspecified atom stereocenters. The molecule has 0 spiro atoms. The second-order valence-electron chi connectivity index (χ2n) is 7.58. The topological polar surface area (TPSA) is 97.0 Å². The SMILES string of the molecule is CCc1ccccc1NC(=O)CN1C(=O)N[C@](C)(Cc2ccc3c(c2)OCO3)C1=O. The van der Waals surface area contributed by atoms with Crippen LogP contribution < -0.4 is 20.1 Å². The van der Waals surface area contributed by atoms with Gasteiger partial charge in [0.1, 0.15) is 12.1 Å². The van der Waals surface area contributed by atoms with Crippen LogP contribution in [0.5, 0.6) is 11.5 Å². The Morgan fingerprint density at radius 3 is 2.73 bits per heavy atom. The molecule has 0 aliphatic carbocycles. The van der Waals surface area contributed by atoms with E-state index in [0.717, 1.165) is 22.4 Å². The molecule has 0 radical (unpaired) electrons. The lowest BCUT2D eigenvalue weighted by Crippen LogP contribution is -2.46. The molecule has 2 heterocycles. The van der Waals surface area contributed by atoms with Gasteiger partial charge in [-0.2, -0.15) is 0 Å². The number of nitrogens with zero attached hydrogens (tertiary/aromatic N) is 1. The highest BCUT2D eigenvalue weighted by Gasteiger charge is 2.48. The van der Waals surface area contributed by atoms with Crippen LogP contribution in [0.3, 0.4) is 0 Å². The number of hydrogen-bond donors (Lipinski definition) is 2. The number of ether oxygens (including phenoxy) is 2. The molecular formula is C22H23N3O5. The predicted octanol–water partition coefficient (Wildman–Crippen LogP) is 2.47. The number of aryl methyl sites for hydroxylation is 1. The molecular weight excluding hydrogens is 386 g/mol. The van der Waals surface area contributed by atoms with Crippen LogP contribution in [0.2, 0.25) is 0 Å². The maximum Gasteiger partial charge on any atom is 0.325 e. The molecule has 1 saturated heterocycles. The van der Waals surface area contributed by atoms with Crippen molar-refractivity contribution >= 4 is 23.5 Å². The van der Waals surface area contributed by atoms with Crippen molar-refractivity contribution in [3.8, 4) is 11.5 Å². The molecule has 8 heteroatoms. The van der Waals surface area contributed by atoms with Gasteiger partial charge in [0.25, 0.3) is 5.91 Å². The van der Waals surface area contributed by atoms with Crippen molar-refractivity contribution in [1.29, 1.82) is 0 Å². The summed E-state index contributed by atoms with van der Waals surface area (Å²) in [7, 11) is 0. The molecule has 0 aromatic heterocycles. The first-order chi connectivity index (χ1) is 14.4. The smallest absolute Gasteiger partial charge is 0.325 e. The predicted molar refractivity (Wildman–Crippen MR) is 109 cm³/mol. The maximum atomic E-state index is 13.0. The van der Waals surface area contributed by atoms with Gasteiger partial charge in [-0.1, -0.05) is 31.2 Å². The number of amides is 4. The highest BCUT2D eigenvalue weighted by Crippen LogP contribution is 2.34. The zero-order valence-corrected chi connectivity index (χ0v) is 16.9. The summed E-state index contributed by atoms with van der Waals surface area (Å²) in [6, 6.07) is 12.3. The van der Waals surface area contributed by atoms with Gasteiger partial charge in [0.05, 0.1) is 0 Å². The van der Waals surface area contributed by atoms with Gasteiger partial charge in [-0.05, 0) is 42.7 Å². The summed E-state index contributed by atoms with van der Waals surface area (Å²) < 4.78 is 10.7. The molecule has 2 aliphatic heterocycles. The van der Waals surface area contributed by atoms with E-state index >= 15 is 0 Å². The molecule has 2 aliphatic rings. The first-order valence-corrected chi connectivity index (χ1v) is 9.80. The highest BCUT2D eigenvalue weighted by molar-refractivity contribution is 6.10. The van der Waals surface area contributed by atoms with Crippen molar-refractivity contribution in [2.45, 2.75) is 32.2 Å². The highest BCUT2D eigenvalue weighted by atomic mass is 16.7. The largest absolute Gasteiger partial charge is 0.454 e. The van der Waals surface area contributed by atoms with Crippen LogP contribution >= 0.6 is 0 Å². The fourth-order valence-electron chi connectivity index (χ4n) is 3.75. The van der Waals surface area contributed by atoms with Gasteiger partial charge in [-0.3, -0.25) is 14.5 Å². The van der Waals surface area contributed by atoms with Crippen molar-refractivity contribution < 1.29 is 23.9 Å². The maximum absolute atomic E-state index is 13.0. The zero-order chi connectivity index (χ0) is 21.3. The van der Waals surface area contributed by atoms with E-state index in [1.165, 1.54) is 0 Å². The fourth-order valence-corrected chi connectivity index (χ4v) is 3.75. The first-order valence-electron chi connectivity index (χ1n) is 9.80. The van der Waals surface area contributed by atoms with Crippen molar-refractivity contribution in [3.05, 3.63) is 53.6 Å². The average molecular weight is 409 g/mol.